The largest absolute Gasteiger partial charge is 0.468 e. The molecule has 1 unspecified atom stereocenters. The summed E-state index contributed by atoms with van der Waals surface area (Å²) in [5, 5.41) is 0. The number of hydrogen-bond donors (Lipinski definition) is 0. The number of carbonyl (C=O) groups is 1. The van der Waals surface area contributed by atoms with Crippen molar-refractivity contribution in [3.8, 4) is 0 Å². The van der Waals surface area contributed by atoms with Gasteiger partial charge < -0.3 is 4.74 Å². The Morgan fingerprint density at radius 1 is 1.56 bits per heavy atom. The van der Waals surface area contributed by atoms with Crippen molar-refractivity contribution in [2.75, 3.05) is 7.11 Å². The van der Waals surface area contributed by atoms with Crippen LogP contribution >= 0.6 is 22.6 Å². The van der Waals surface area contributed by atoms with Crippen molar-refractivity contribution >= 4 is 28.6 Å². The quantitative estimate of drug-likeness (QED) is 0.332. The lowest BCUT2D eigenvalue weighted by Crippen LogP contribution is -2.33. The van der Waals surface area contributed by atoms with Crippen molar-refractivity contribution < 1.29 is 9.53 Å². The van der Waals surface area contributed by atoms with E-state index in [0.29, 0.717) is 0 Å². The Hall–Kier alpha value is -0.840. The molecule has 1 aromatic carbocycles. The van der Waals surface area contributed by atoms with E-state index in [1.54, 1.807) is 0 Å². The molecule has 18 heavy (non-hydrogen) atoms. The van der Waals surface area contributed by atoms with Gasteiger partial charge in [0.25, 0.3) is 0 Å². The normalized spacial score (nSPS) is 13.7. The lowest BCUT2D eigenvalue weighted by molar-refractivity contribution is -0.147. The first-order valence-electron chi connectivity index (χ1n) is 6.00. The standard InChI is InChI=1S/C15H19IO2/c1-4-5-6-10-15(2,14(17)18-3)12-8-7-9-13(16)11-12/h4,7-9,11H,1,5-6,10H2,2-3H3. The smallest absolute Gasteiger partial charge is 0.315 e. The van der Waals surface area contributed by atoms with Gasteiger partial charge in [0, 0.05) is 3.57 Å². The van der Waals surface area contributed by atoms with Gasteiger partial charge in [0.05, 0.1) is 12.5 Å². The van der Waals surface area contributed by atoms with Crippen LogP contribution in [0, 0.1) is 3.57 Å². The maximum Gasteiger partial charge on any atom is 0.315 e. The third-order valence-electron chi connectivity index (χ3n) is 3.18. The van der Waals surface area contributed by atoms with Crippen LogP contribution in [-0.2, 0) is 14.9 Å². The van der Waals surface area contributed by atoms with E-state index in [4.69, 9.17) is 4.74 Å². The molecule has 0 fully saturated rings. The summed E-state index contributed by atoms with van der Waals surface area (Å²) in [6, 6.07) is 8.04. The summed E-state index contributed by atoms with van der Waals surface area (Å²) in [6.07, 6.45) is 4.50. The Bertz CT molecular complexity index is 428. The van der Waals surface area contributed by atoms with Crippen molar-refractivity contribution in [3.63, 3.8) is 0 Å². The molecule has 0 radical (unpaired) electrons. The second kappa shape index (κ2) is 6.92. The van der Waals surface area contributed by atoms with Crippen LogP contribution < -0.4 is 0 Å². The number of esters is 1. The van der Waals surface area contributed by atoms with Crippen molar-refractivity contribution in [2.24, 2.45) is 0 Å². The second-order valence-electron chi connectivity index (χ2n) is 4.51. The number of rotatable bonds is 6. The van der Waals surface area contributed by atoms with E-state index in [-0.39, 0.29) is 5.97 Å². The minimum absolute atomic E-state index is 0.173. The first-order chi connectivity index (χ1) is 8.54. The zero-order valence-electron chi connectivity index (χ0n) is 10.9. The summed E-state index contributed by atoms with van der Waals surface area (Å²) in [5.74, 6) is -0.173. The molecule has 0 saturated carbocycles. The highest BCUT2D eigenvalue weighted by atomic mass is 127. The molecular formula is C15H19IO2. The van der Waals surface area contributed by atoms with E-state index >= 15 is 0 Å². The predicted molar refractivity (Wildman–Crippen MR) is 82.6 cm³/mol. The summed E-state index contributed by atoms with van der Waals surface area (Å²) in [5.41, 5.74) is 0.448. The number of carbonyl (C=O) groups excluding carboxylic acids is 1. The SMILES string of the molecule is C=CCCCC(C)(C(=O)OC)c1cccc(I)c1. The molecule has 0 saturated heterocycles. The van der Waals surface area contributed by atoms with Crippen molar-refractivity contribution in [3.05, 3.63) is 46.1 Å². The van der Waals surface area contributed by atoms with E-state index in [1.165, 1.54) is 7.11 Å². The van der Waals surface area contributed by atoms with Gasteiger partial charge in [-0.1, -0.05) is 18.2 Å². The molecule has 0 aliphatic heterocycles. The molecule has 0 N–H and O–H groups in total. The molecule has 1 atom stereocenters. The average molecular weight is 358 g/mol. The highest BCUT2D eigenvalue weighted by Gasteiger charge is 2.35. The highest BCUT2D eigenvalue weighted by molar-refractivity contribution is 14.1. The lowest BCUT2D eigenvalue weighted by Gasteiger charge is -2.27. The summed E-state index contributed by atoms with van der Waals surface area (Å²) in [7, 11) is 1.45. The van der Waals surface area contributed by atoms with E-state index in [9.17, 15) is 4.79 Å². The molecule has 98 valence electrons. The zero-order chi connectivity index (χ0) is 13.6. The number of benzene rings is 1. The minimum atomic E-state index is -0.570. The third-order valence-corrected chi connectivity index (χ3v) is 3.85. The third kappa shape index (κ3) is 3.57. The van der Waals surface area contributed by atoms with Crippen LogP contribution in [0.2, 0.25) is 0 Å². The van der Waals surface area contributed by atoms with Crippen molar-refractivity contribution in [1.29, 1.82) is 0 Å². The summed E-state index contributed by atoms with van der Waals surface area (Å²) in [4.78, 5) is 12.1. The fraction of sp³-hybridized carbons (Fsp3) is 0.400. The Morgan fingerprint density at radius 2 is 2.28 bits per heavy atom. The van der Waals surface area contributed by atoms with Crippen LogP contribution in [0.3, 0.4) is 0 Å². The van der Waals surface area contributed by atoms with E-state index < -0.39 is 5.41 Å². The Labute approximate surface area is 123 Å². The van der Waals surface area contributed by atoms with Gasteiger partial charge in [0.15, 0.2) is 0 Å². The van der Waals surface area contributed by atoms with Crippen LogP contribution in [0.5, 0.6) is 0 Å². The van der Waals surface area contributed by atoms with Gasteiger partial charge in [-0.2, -0.15) is 0 Å². The van der Waals surface area contributed by atoms with Crippen LogP contribution in [0.25, 0.3) is 0 Å². The molecule has 0 amide bonds. The van der Waals surface area contributed by atoms with Gasteiger partial charge >= 0.3 is 5.97 Å². The number of ether oxygens (including phenoxy) is 1. The molecular weight excluding hydrogens is 339 g/mol. The van der Waals surface area contributed by atoms with Gasteiger partial charge in [0.2, 0.25) is 0 Å². The predicted octanol–water partition coefficient (Wildman–Crippen LogP) is 4.08. The maximum atomic E-state index is 12.1. The van der Waals surface area contributed by atoms with Gasteiger partial charge in [-0.3, -0.25) is 4.79 Å². The zero-order valence-corrected chi connectivity index (χ0v) is 13.1. The molecule has 1 aromatic rings. The summed E-state index contributed by atoms with van der Waals surface area (Å²) >= 11 is 2.26. The number of hydrogen-bond acceptors (Lipinski definition) is 2. The molecule has 0 bridgehead atoms. The first-order valence-corrected chi connectivity index (χ1v) is 7.08. The van der Waals surface area contributed by atoms with E-state index in [1.807, 2.05) is 37.3 Å². The Kier molecular flexibility index (Phi) is 5.85. The summed E-state index contributed by atoms with van der Waals surface area (Å²) < 4.78 is 6.10. The van der Waals surface area contributed by atoms with Gasteiger partial charge in [0.1, 0.15) is 0 Å². The monoisotopic (exact) mass is 358 g/mol. The van der Waals surface area contributed by atoms with Crippen molar-refractivity contribution in [2.45, 2.75) is 31.6 Å². The number of methoxy groups -OCH3 is 1. The first kappa shape index (κ1) is 15.2. The molecule has 0 aliphatic carbocycles. The van der Waals surface area contributed by atoms with Gasteiger partial charge in [-0.05, 0) is 66.5 Å². The van der Waals surface area contributed by atoms with Gasteiger partial charge in [-0.25, -0.2) is 0 Å². The molecule has 0 aromatic heterocycles. The fourth-order valence-corrected chi connectivity index (χ4v) is 2.56. The number of unbranched alkanes of at least 4 members (excludes halogenated alkanes) is 1. The molecule has 0 aliphatic rings. The topological polar surface area (TPSA) is 26.3 Å². The molecule has 1 rings (SSSR count). The Morgan fingerprint density at radius 3 is 2.83 bits per heavy atom. The molecule has 0 heterocycles. The van der Waals surface area contributed by atoms with Crippen molar-refractivity contribution in [1.82, 2.24) is 0 Å². The van der Waals surface area contributed by atoms with Crippen LogP contribution in [0.4, 0.5) is 0 Å². The molecule has 3 heteroatoms. The van der Waals surface area contributed by atoms with Crippen LogP contribution in [0.1, 0.15) is 31.7 Å². The van der Waals surface area contributed by atoms with E-state index in [0.717, 1.165) is 28.4 Å². The van der Waals surface area contributed by atoms with Crippen LogP contribution in [-0.4, -0.2) is 13.1 Å². The maximum absolute atomic E-state index is 12.1. The molecule has 0 spiro atoms. The van der Waals surface area contributed by atoms with Crippen LogP contribution in [0.15, 0.2) is 36.9 Å². The second-order valence-corrected chi connectivity index (χ2v) is 5.76. The van der Waals surface area contributed by atoms with E-state index in [2.05, 4.69) is 29.2 Å². The number of halogens is 1. The Balaban J connectivity index is 3.03. The fourth-order valence-electron chi connectivity index (χ4n) is 2.02. The number of allylic oxidation sites excluding steroid dienone is 1. The lowest BCUT2D eigenvalue weighted by atomic mass is 9.78. The molecule has 2 nitrogen and oxygen atoms in total. The van der Waals surface area contributed by atoms with Gasteiger partial charge in [-0.15, -0.1) is 6.58 Å². The highest BCUT2D eigenvalue weighted by Crippen LogP contribution is 2.32. The summed E-state index contributed by atoms with van der Waals surface area (Å²) in [6.45, 7) is 5.67. The average Bonchev–Trinajstić information content (AvgIpc) is 2.37. The minimum Gasteiger partial charge on any atom is -0.468 e.